The van der Waals surface area contributed by atoms with Crippen LogP contribution in [-0.2, 0) is 9.84 Å². The standard InChI is InChI=1S/C30H29N5O3S/c1-39(37,38)21-9-6-18(7-10-21)20-8-11-23-22(16-20)28(31-26-17-35-14-12-19(26)13-15-35)27(30(36)34-23)29-32-24-4-2-3-5-25(24)33-29/h2-11,16,19,26H,12-15,17H2,1H3,(H,32,33)(H2,31,34,36)/t26-/m0/s1. The van der Waals surface area contributed by atoms with Crippen LogP contribution in [0.3, 0.4) is 0 Å². The normalized spacial score (nSPS) is 21.0. The summed E-state index contributed by atoms with van der Waals surface area (Å²) in [7, 11) is -3.28. The highest BCUT2D eigenvalue weighted by atomic mass is 32.2. The minimum Gasteiger partial charge on any atom is -0.379 e. The van der Waals surface area contributed by atoms with E-state index >= 15 is 0 Å². The first-order valence-electron chi connectivity index (χ1n) is 13.3. The van der Waals surface area contributed by atoms with Gasteiger partial charge in [-0.2, -0.15) is 0 Å². The van der Waals surface area contributed by atoms with Gasteiger partial charge in [0, 0.05) is 24.2 Å². The Morgan fingerprint density at radius 1 is 0.923 bits per heavy atom. The van der Waals surface area contributed by atoms with Gasteiger partial charge < -0.3 is 20.2 Å². The fraction of sp³-hybridized carbons (Fsp3) is 0.267. The second kappa shape index (κ2) is 9.07. The van der Waals surface area contributed by atoms with Crippen molar-refractivity contribution in [3.63, 3.8) is 0 Å². The van der Waals surface area contributed by atoms with Gasteiger partial charge >= 0.3 is 0 Å². The molecule has 3 aromatic carbocycles. The number of nitrogens with zero attached hydrogens (tertiary/aromatic N) is 2. The van der Waals surface area contributed by atoms with Crippen molar-refractivity contribution in [1.29, 1.82) is 0 Å². The summed E-state index contributed by atoms with van der Waals surface area (Å²) >= 11 is 0. The fourth-order valence-corrected chi connectivity index (χ4v) is 6.76. The third kappa shape index (κ3) is 4.31. The molecule has 0 saturated carbocycles. The summed E-state index contributed by atoms with van der Waals surface area (Å²) in [4.78, 5) is 27.6. The predicted octanol–water partition coefficient (Wildman–Crippen LogP) is 4.65. The number of nitrogens with one attached hydrogen (secondary N) is 3. The van der Waals surface area contributed by atoms with Crippen LogP contribution in [0.15, 0.2) is 76.4 Å². The molecule has 39 heavy (non-hydrogen) atoms. The quantitative estimate of drug-likeness (QED) is 0.300. The second-order valence-corrected chi connectivity index (χ2v) is 12.8. The average molecular weight is 540 g/mol. The van der Waals surface area contributed by atoms with Crippen LogP contribution in [0.2, 0.25) is 0 Å². The minimum absolute atomic E-state index is 0.199. The Kier molecular flexibility index (Phi) is 5.61. The van der Waals surface area contributed by atoms with Crippen molar-refractivity contribution < 1.29 is 8.42 Å². The molecule has 8 nitrogen and oxygen atoms in total. The van der Waals surface area contributed by atoms with E-state index < -0.39 is 9.84 Å². The SMILES string of the molecule is CS(=O)(=O)c1ccc(-c2ccc3[nH]c(=O)c(-c4nc5ccccc5[nH]4)c(N[C@H]4CN5CCC4CC5)c3c2)cc1. The molecule has 8 rings (SSSR count). The molecule has 3 saturated heterocycles. The number of benzene rings is 3. The van der Waals surface area contributed by atoms with E-state index in [4.69, 9.17) is 4.98 Å². The Morgan fingerprint density at radius 2 is 1.67 bits per heavy atom. The number of pyridine rings is 1. The Hall–Kier alpha value is -3.95. The third-order valence-electron chi connectivity index (χ3n) is 8.24. The summed E-state index contributed by atoms with van der Waals surface area (Å²) in [6, 6.07) is 20.9. The van der Waals surface area contributed by atoms with Gasteiger partial charge in [-0.3, -0.25) is 4.79 Å². The lowest BCUT2D eigenvalue weighted by atomic mass is 9.83. The number of aromatic nitrogens is 3. The number of rotatable bonds is 5. The molecular weight excluding hydrogens is 510 g/mol. The molecule has 1 atom stereocenters. The van der Waals surface area contributed by atoms with E-state index in [2.05, 4.69) is 26.3 Å². The number of para-hydroxylation sites is 2. The lowest BCUT2D eigenvalue weighted by Crippen LogP contribution is -2.53. The van der Waals surface area contributed by atoms with Crippen molar-refractivity contribution in [3.05, 3.63) is 77.1 Å². The molecule has 0 unspecified atom stereocenters. The molecule has 0 radical (unpaired) electrons. The molecule has 3 fully saturated rings. The Morgan fingerprint density at radius 3 is 2.36 bits per heavy atom. The molecule has 2 aromatic heterocycles. The number of H-pyrrole nitrogens is 2. The average Bonchev–Trinajstić information content (AvgIpc) is 3.37. The van der Waals surface area contributed by atoms with E-state index in [9.17, 15) is 13.2 Å². The van der Waals surface area contributed by atoms with Crippen molar-refractivity contribution in [2.45, 2.75) is 23.8 Å². The van der Waals surface area contributed by atoms with Crippen LogP contribution in [0.5, 0.6) is 0 Å². The van der Waals surface area contributed by atoms with E-state index in [1.54, 1.807) is 12.1 Å². The molecular formula is C30H29N5O3S. The van der Waals surface area contributed by atoms with Gasteiger partial charge in [0.05, 0.1) is 27.1 Å². The highest BCUT2D eigenvalue weighted by molar-refractivity contribution is 7.90. The highest BCUT2D eigenvalue weighted by Gasteiger charge is 2.35. The monoisotopic (exact) mass is 539 g/mol. The number of anilines is 1. The zero-order valence-electron chi connectivity index (χ0n) is 21.6. The summed E-state index contributed by atoms with van der Waals surface area (Å²) in [5.74, 6) is 1.09. The summed E-state index contributed by atoms with van der Waals surface area (Å²) in [5, 5.41) is 4.71. The molecule has 2 bridgehead atoms. The van der Waals surface area contributed by atoms with Crippen molar-refractivity contribution >= 4 is 37.5 Å². The molecule has 5 heterocycles. The van der Waals surface area contributed by atoms with E-state index in [1.165, 1.54) is 6.26 Å². The maximum absolute atomic E-state index is 13.6. The fourth-order valence-electron chi connectivity index (χ4n) is 6.13. The van der Waals surface area contributed by atoms with Crippen molar-refractivity contribution in [2.24, 2.45) is 5.92 Å². The number of hydrogen-bond donors (Lipinski definition) is 3. The number of aromatic amines is 2. The lowest BCUT2D eigenvalue weighted by molar-refractivity contribution is 0.0976. The number of imidazole rings is 1. The van der Waals surface area contributed by atoms with Gasteiger partial charge in [-0.15, -0.1) is 0 Å². The molecule has 5 aromatic rings. The molecule has 0 amide bonds. The second-order valence-electron chi connectivity index (χ2n) is 10.8. The molecule has 3 aliphatic rings. The summed E-state index contributed by atoms with van der Waals surface area (Å²) in [6.45, 7) is 3.21. The van der Waals surface area contributed by atoms with Gasteiger partial charge in [0.2, 0.25) is 0 Å². The number of sulfone groups is 1. The van der Waals surface area contributed by atoms with Crippen molar-refractivity contribution in [1.82, 2.24) is 19.9 Å². The van der Waals surface area contributed by atoms with Gasteiger partial charge in [-0.25, -0.2) is 13.4 Å². The van der Waals surface area contributed by atoms with Gasteiger partial charge in [0.1, 0.15) is 11.4 Å². The van der Waals surface area contributed by atoms with E-state index in [0.29, 0.717) is 17.3 Å². The van der Waals surface area contributed by atoms with Crippen LogP contribution in [0, 0.1) is 5.92 Å². The number of hydrogen-bond acceptors (Lipinski definition) is 6. The molecule has 198 valence electrons. The maximum Gasteiger partial charge on any atom is 0.261 e. The van der Waals surface area contributed by atoms with Gasteiger partial charge in [-0.05, 0) is 79.4 Å². The first kappa shape index (κ1) is 24.1. The van der Waals surface area contributed by atoms with Gasteiger partial charge in [0.15, 0.2) is 9.84 Å². The van der Waals surface area contributed by atoms with Crippen LogP contribution in [0.25, 0.3) is 44.5 Å². The van der Waals surface area contributed by atoms with Gasteiger partial charge in [-0.1, -0.05) is 30.3 Å². The predicted molar refractivity (Wildman–Crippen MR) is 155 cm³/mol. The number of piperidine rings is 3. The first-order chi connectivity index (χ1) is 18.8. The topological polar surface area (TPSA) is 111 Å². The smallest absolute Gasteiger partial charge is 0.261 e. The van der Waals surface area contributed by atoms with E-state index in [-0.39, 0.29) is 16.5 Å². The third-order valence-corrected chi connectivity index (χ3v) is 9.37. The van der Waals surface area contributed by atoms with E-state index in [1.807, 2.05) is 48.5 Å². The molecule has 9 heteroatoms. The molecule has 3 N–H and O–H groups in total. The Balaban J connectivity index is 1.41. The summed E-state index contributed by atoms with van der Waals surface area (Å²) in [5.41, 5.74) is 5.33. The first-order valence-corrected chi connectivity index (χ1v) is 15.2. The van der Waals surface area contributed by atoms with Crippen LogP contribution in [0.4, 0.5) is 5.69 Å². The zero-order valence-corrected chi connectivity index (χ0v) is 22.4. The van der Waals surface area contributed by atoms with E-state index in [0.717, 1.165) is 71.2 Å². The van der Waals surface area contributed by atoms with Crippen LogP contribution in [0.1, 0.15) is 12.8 Å². The lowest BCUT2D eigenvalue weighted by Gasteiger charge is -2.45. The Bertz CT molecular complexity index is 1850. The largest absolute Gasteiger partial charge is 0.379 e. The molecule has 0 spiro atoms. The molecule has 3 aliphatic heterocycles. The Labute approximate surface area is 226 Å². The van der Waals surface area contributed by atoms with Crippen molar-refractivity contribution in [3.8, 4) is 22.5 Å². The zero-order chi connectivity index (χ0) is 26.7. The van der Waals surface area contributed by atoms with Crippen LogP contribution in [-0.4, -0.2) is 60.2 Å². The summed E-state index contributed by atoms with van der Waals surface area (Å²) in [6.07, 6.45) is 3.51. The maximum atomic E-state index is 13.6. The van der Waals surface area contributed by atoms with Crippen LogP contribution < -0.4 is 10.9 Å². The number of fused-ring (bicyclic) bond motifs is 5. The minimum atomic E-state index is -3.28. The molecule has 0 aliphatic carbocycles. The van der Waals surface area contributed by atoms with Crippen molar-refractivity contribution in [2.75, 3.05) is 31.2 Å². The summed E-state index contributed by atoms with van der Waals surface area (Å²) < 4.78 is 23.9. The highest BCUT2D eigenvalue weighted by Crippen LogP contribution is 2.37. The van der Waals surface area contributed by atoms with Gasteiger partial charge in [0.25, 0.3) is 5.56 Å². The van der Waals surface area contributed by atoms with Crippen LogP contribution >= 0.6 is 0 Å².